The number of halogens is 1. The van der Waals surface area contributed by atoms with Gasteiger partial charge in [-0.3, -0.25) is 0 Å². The number of fused-ring (bicyclic) bond motifs is 1. The zero-order chi connectivity index (χ0) is 12.5. The van der Waals surface area contributed by atoms with Crippen molar-refractivity contribution in [3.05, 3.63) is 59.2 Å². The number of hydrogen-bond donors (Lipinski definition) is 0. The summed E-state index contributed by atoms with van der Waals surface area (Å²) in [6, 6.07) is 8.70. The number of rotatable bonds is 2. The van der Waals surface area contributed by atoms with Crippen LogP contribution in [-0.4, -0.2) is 38.4 Å². The van der Waals surface area contributed by atoms with Gasteiger partial charge in [-0.1, -0.05) is 0 Å². The van der Waals surface area contributed by atoms with Gasteiger partial charge in [0.05, 0.1) is 0 Å². The van der Waals surface area contributed by atoms with E-state index in [-0.39, 0.29) is 0 Å². The van der Waals surface area contributed by atoms with Crippen LogP contribution >= 0.6 is 0 Å². The molecule has 0 saturated heterocycles. The summed E-state index contributed by atoms with van der Waals surface area (Å²) < 4.78 is 18.9. The minimum absolute atomic E-state index is 0.513. The summed E-state index contributed by atoms with van der Waals surface area (Å²) >= 11 is -0.991. The first-order chi connectivity index (χ1) is 8.78. The van der Waals surface area contributed by atoms with Gasteiger partial charge in [-0.25, -0.2) is 0 Å². The predicted octanol–water partition coefficient (Wildman–Crippen LogP) is 1.13. The third kappa shape index (κ3) is 1.96. The standard InChI is InChI=1S/C13H7FN2O.Sn/c14-12-7-11(4-5-16-12)13(15)10-3-1-2-9(6-10)8-17;/h1-2,4-8H;/q-1;+1. The molecule has 1 aliphatic heterocycles. The fraction of sp³-hybridized carbons (Fsp3) is 0. The molecular formula is C13H7FN2OSn. The monoisotopic (exact) mass is 346 g/mol. The molecule has 0 atom stereocenters. The molecule has 0 bridgehead atoms. The Hall–Kier alpha value is -1.56. The first-order valence-electron chi connectivity index (χ1n) is 5.33. The van der Waals surface area contributed by atoms with Gasteiger partial charge in [-0.2, -0.15) is 0 Å². The zero-order valence-corrected chi connectivity index (χ0v) is 12.1. The van der Waals surface area contributed by atoms with E-state index in [1.807, 2.05) is 12.1 Å². The molecule has 2 heterocycles. The average Bonchev–Trinajstić information content (AvgIpc) is 2.81. The Bertz CT molecular complexity index is 670. The van der Waals surface area contributed by atoms with Gasteiger partial charge < -0.3 is 0 Å². The van der Waals surface area contributed by atoms with Crippen molar-refractivity contribution in [2.45, 2.75) is 0 Å². The van der Waals surface area contributed by atoms with Gasteiger partial charge in [0.2, 0.25) is 0 Å². The van der Waals surface area contributed by atoms with Crippen LogP contribution in [-0.2, 0) is 0 Å². The van der Waals surface area contributed by atoms with Crippen LogP contribution in [0.3, 0.4) is 0 Å². The maximum atomic E-state index is 13.1. The van der Waals surface area contributed by atoms with Crippen LogP contribution in [0.25, 0.3) is 0 Å². The first-order valence-corrected chi connectivity index (χ1v) is 8.03. The zero-order valence-electron chi connectivity index (χ0n) is 9.22. The van der Waals surface area contributed by atoms with Gasteiger partial charge in [0, 0.05) is 0 Å². The molecule has 2 radical (unpaired) electrons. The number of benzene rings is 1. The number of hydrogen-bond acceptors (Lipinski definition) is 3. The fourth-order valence-corrected chi connectivity index (χ4v) is 4.59. The number of carbonyl (C=O) groups excluding carboxylic acids is 1. The SMILES string of the molecule is O=Cc1cc[c]2c(c1)C(c1ccnc(F)c1)=[N][Sn]2. The Balaban J connectivity index is 2.11. The van der Waals surface area contributed by atoms with Crippen LogP contribution in [0.1, 0.15) is 21.5 Å². The first kappa shape index (κ1) is 11.5. The van der Waals surface area contributed by atoms with E-state index in [1.54, 1.807) is 12.1 Å². The van der Waals surface area contributed by atoms with E-state index in [2.05, 4.69) is 8.20 Å². The number of aromatic nitrogens is 1. The molecule has 0 aliphatic carbocycles. The van der Waals surface area contributed by atoms with Crippen LogP contribution in [0.5, 0.6) is 0 Å². The third-order valence-corrected chi connectivity index (χ3v) is 5.61. The molecule has 1 aromatic carbocycles. The summed E-state index contributed by atoms with van der Waals surface area (Å²) in [6.45, 7) is 0. The molecule has 3 nitrogen and oxygen atoms in total. The second kappa shape index (κ2) is 4.60. The Morgan fingerprint density at radius 3 is 2.89 bits per heavy atom. The van der Waals surface area contributed by atoms with Crippen molar-refractivity contribution in [1.82, 2.24) is 4.98 Å². The molecule has 3 rings (SSSR count). The summed E-state index contributed by atoms with van der Waals surface area (Å²) in [5.41, 5.74) is 3.11. The number of nitrogens with zero attached hydrogens (tertiary/aromatic N) is 2. The molecule has 0 N–H and O–H groups in total. The molecule has 1 aromatic heterocycles. The Kier molecular flexibility index (Phi) is 2.95. The molecule has 0 saturated carbocycles. The van der Waals surface area contributed by atoms with Gasteiger partial charge in [-0.15, -0.1) is 0 Å². The molecule has 1 aliphatic rings. The molecule has 18 heavy (non-hydrogen) atoms. The van der Waals surface area contributed by atoms with E-state index in [1.165, 1.54) is 15.8 Å². The summed E-state index contributed by atoms with van der Waals surface area (Å²) in [5, 5.41) is 0. The van der Waals surface area contributed by atoms with Crippen LogP contribution in [0.2, 0.25) is 0 Å². The number of carbonyl (C=O) groups is 1. The van der Waals surface area contributed by atoms with Gasteiger partial charge in [0.15, 0.2) is 0 Å². The van der Waals surface area contributed by atoms with Crippen molar-refractivity contribution in [3.8, 4) is 0 Å². The van der Waals surface area contributed by atoms with Gasteiger partial charge >= 0.3 is 114 Å². The molecule has 0 spiro atoms. The molecular weight excluding hydrogens is 338 g/mol. The second-order valence-electron chi connectivity index (χ2n) is 3.86. The number of aldehydes is 1. The Labute approximate surface area is 113 Å². The van der Waals surface area contributed by atoms with Crippen molar-refractivity contribution in [1.29, 1.82) is 0 Å². The van der Waals surface area contributed by atoms with E-state index >= 15 is 0 Å². The van der Waals surface area contributed by atoms with Crippen LogP contribution in [0, 0.1) is 5.95 Å². The Morgan fingerprint density at radius 2 is 2.11 bits per heavy atom. The number of pyridine rings is 1. The summed E-state index contributed by atoms with van der Waals surface area (Å²) in [4.78, 5) is 14.3. The van der Waals surface area contributed by atoms with Crippen molar-refractivity contribution in [3.63, 3.8) is 0 Å². The average molecular weight is 345 g/mol. The van der Waals surface area contributed by atoms with Crippen molar-refractivity contribution in [2.75, 3.05) is 0 Å². The summed E-state index contributed by atoms with van der Waals surface area (Å²) in [5.74, 6) is -0.513. The van der Waals surface area contributed by atoms with Gasteiger partial charge in [-0.05, 0) is 0 Å². The molecule has 0 fully saturated rings. The van der Waals surface area contributed by atoms with Gasteiger partial charge in [0.25, 0.3) is 0 Å². The van der Waals surface area contributed by atoms with Crippen molar-refractivity contribution < 1.29 is 9.18 Å². The van der Waals surface area contributed by atoms with Gasteiger partial charge in [0.1, 0.15) is 0 Å². The van der Waals surface area contributed by atoms with Crippen molar-refractivity contribution >= 4 is 37.0 Å². The normalized spacial score (nSPS) is 13.1. The fourth-order valence-electron chi connectivity index (χ4n) is 1.87. The predicted molar refractivity (Wildman–Crippen MR) is 67.1 cm³/mol. The van der Waals surface area contributed by atoms with E-state index < -0.39 is 27.4 Å². The van der Waals surface area contributed by atoms with Crippen molar-refractivity contribution in [2.24, 2.45) is 3.21 Å². The van der Waals surface area contributed by atoms with Crippen LogP contribution in [0.15, 0.2) is 39.7 Å². The quantitative estimate of drug-likeness (QED) is 0.465. The van der Waals surface area contributed by atoms with Crippen LogP contribution in [0.4, 0.5) is 4.39 Å². The molecule has 86 valence electrons. The summed E-state index contributed by atoms with van der Waals surface area (Å²) in [7, 11) is 0. The molecule has 0 unspecified atom stereocenters. The maximum absolute atomic E-state index is 13.1. The third-order valence-electron chi connectivity index (χ3n) is 2.72. The van der Waals surface area contributed by atoms with E-state index in [9.17, 15) is 9.18 Å². The molecule has 0 amide bonds. The minimum atomic E-state index is -0.991. The topological polar surface area (TPSA) is 42.3 Å². The molecule has 5 heteroatoms. The molecule has 2 aromatic rings. The van der Waals surface area contributed by atoms with Crippen LogP contribution < -0.4 is 3.58 Å². The summed E-state index contributed by atoms with van der Waals surface area (Å²) in [6.07, 6.45) is 2.24. The Morgan fingerprint density at radius 1 is 1.22 bits per heavy atom. The van der Waals surface area contributed by atoms with E-state index in [0.29, 0.717) is 5.56 Å². The second-order valence-corrected chi connectivity index (χ2v) is 6.68. The van der Waals surface area contributed by atoms with E-state index in [0.717, 1.165) is 23.1 Å². The van der Waals surface area contributed by atoms with E-state index in [4.69, 9.17) is 0 Å².